The summed E-state index contributed by atoms with van der Waals surface area (Å²) in [7, 11) is 1.68. The molecule has 1 aliphatic heterocycles. The fourth-order valence-corrected chi connectivity index (χ4v) is 4.33. The van der Waals surface area contributed by atoms with Crippen molar-refractivity contribution in [1.82, 2.24) is 9.55 Å². The number of nitrogens with zero attached hydrogens (tertiary/aromatic N) is 2. The Kier molecular flexibility index (Phi) is 3.08. The van der Waals surface area contributed by atoms with Crippen LogP contribution in [-0.4, -0.2) is 16.7 Å². The molecule has 1 aliphatic rings. The molecule has 0 radical (unpaired) electrons. The predicted molar refractivity (Wildman–Crippen MR) is 87.2 cm³/mol. The summed E-state index contributed by atoms with van der Waals surface area (Å²) in [5.41, 5.74) is 3.23. The molecule has 106 valence electrons. The van der Waals surface area contributed by atoms with Gasteiger partial charge < -0.3 is 9.30 Å². The zero-order valence-corrected chi connectivity index (χ0v) is 13.0. The Morgan fingerprint density at radius 3 is 2.95 bits per heavy atom. The van der Waals surface area contributed by atoms with E-state index in [0.717, 1.165) is 38.9 Å². The lowest BCUT2D eigenvalue weighted by Gasteiger charge is -2.15. The van der Waals surface area contributed by atoms with E-state index in [0.29, 0.717) is 0 Å². The number of halogens is 1. The number of aromatic nitrogens is 2. The van der Waals surface area contributed by atoms with Gasteiger partial charge in [0, 0.05) is 16.7 Å². The van der Waals surface area contributed by atoms with E-state index in [4.69, 9.17) is 21.3 Å². The first-order chi connectivity index (χ1) is 10.3. The maximum Gasteiger partial charge on any atom is 0.121 e. The molecule has 0 saturated heterocycles. The van der Waals surface area contributed by atoms with Gasteiger partial charge >= 0.3 is 0 Å². The maximum absolute atomic E-state index is 6.38. The number of methoxy groups -OCH3 is 1. The van der Waals surface area contributed by atoms with Gasteiger partial charge in [0.1, 0.15) is 16.9 Å². The van der Waals surface area contributed by atoms with E-state index in [-0.39, 0.29) is 5.37 Å². The first kappa shape index (κ1) is 13.0. The summed E-state index contributed by atoms with van der Waals surface area (Å²) in [6.07, 6.45) is 0. The van der Waals surface area contributed by atoms with Crippen LogP contribution in [0.15, 0.2) is 42.5 Å². The van der Waals surface area contributed by atoms with Crippen LogP contribution in [0.3, 0.4) is 0 Å². The Hall–Kier alpha value is -1.65. The lowest BCUT2D eigenvalue weighted by Crippen LogP contribution is -2.04. The second-order valence-corrected chi connectivity index (χ2v) is 6.41. The van der Waals surface area contributed by atoms with Crippen molar-refractivity contribution in [1.29, 1.82) is 0 Å². The number of benzene rings is 2. The molecule has 5 heteroatoms. The summed E-state index contributed by atoms with van der Waals surface area (Å²) < 4.78 is 7.61. The van der Waals surface area contributed by atoms with E-state index in [9.17, 15) is 0 Å². The second-order valence-electron chi connectivity index (χ2n) is 4.94. The number of hydrogen-bond acceptors (Lipinski definition) is 3. The fraction of sp³-hybridized carbons (Fsp3) is 0.188. The van der Waals surface area contributed by atoms with E-state index >= 15 is 0 Å². The highest BCUT2D eigenvalue weighted by atomic mass is 35.5. The van der Waals surface area contributed by atoms with Crippen LogP contribution in [0.1, 0.15) is 16.8 Å². The van der Waals surface area contributed by atoms with Crippen LogP contribution < -0.4 is 4.74 Å². The SMILES string of the molecule is COc1ccc2nc3n(c2c1)C(c1ccccc1Cl)SC3. The van der Waals surface area contributed by atoms with Crippen molar-refractivity contribution in [3.05, 3.63) is 58.9 Å². The number of imidazole rings is 1. The molecular weight excluding hydrogens is 304 g/mol. The molecule has 4 rings (SSSR count). The first-order valence-corrected chi connectivity index (χ1v) is 8.11. The van der Waals surface area contributed by atoms with Gasteiger partial charge in [0.2, 0.25) is 0 Å². The van der Waals surface area contributed by atoms with Gasteiger partial charge in [0.25, 0.3) is 0 Å². The summed E-state index contributed by atoms with van der Waals surface area (Å²) in [6.45, 7) is 0. The molecule has 0 spiro atoms. The molecule has 1 aromatic heterocycles. The van der Waals surface area contributed by atoms with Crippen LogP contribution in [0.25, 0.3) is 11.0 Å². The van der Waals surface area contributed by atoms with Crippen molar-refractivity contribution in [3.8, 4) is 5.75 Å². The third kappa shape index (κ3) is 2.01. The third-order valence-electron chi connectivity index (χ3n) is 3.75. The maximum atomic E-state index is 6.38. The van der Waals surface area contributed by atoms with Gasteiger partial charge in [-0.05, 0) is 18.2 Å². The fourth-order valence-electron chi connectivity index (χ4n) is 2.75. The Labute approximate surface area is 131 Å². The highest BCUT2D eigenvalue weighted by molar-refractivity contribution is 7.99. The first-order valence-electron chi connectivity index (χ1n) is 6.69. The molecule has 2 heterocycles. The van der Waals surface area contributed by atoms with Crippen LogP contribution >= 0.6 is 23.4 Å². The van der Waals surface area contributed by atoms with Crippen LogP contribution in [-0.2, 0) is 5.75 Å². The minimum Gasteiger partial charge on any atom is -0.497 e. The molecule has 0 aliphatic carbocycles. The number of thioether (sulfide) groups is 1. The molecule has 0 N–H and O–H groups in total. The summed E-state index contributed by atoms with van der Waals surface area (Å²) in [5, 5.41) is 0.971. The van der Waals surface area contributed by atoms with Crippen molar-refractivity contribution < 1.29 is 4.74 Å². The smallest absolute Gasteiger partial charge is 0.121 e. The molecule has 0 bridgehead atoms. The van der Waals surface area contributed by atoms with E-state index in [1.165, 1.54) is 0 Å². The van der Waals surface area contributed by atoms with E-state index in [1.807, 2.05) is 48.2 Å². The van der Waals surface area contributed by atoms with Crippen LogP contribution in [0.5, 0.6) is 5.75 Å². The molecule has 21 heavy (non-hydrogen) atoms. The van der Waals surface area contributed by atoms with E-state index in [1.54, 1.807) is 7.11 Å². The Morgan fingerprint density at radius 2 is 2.14 bits per heavy atom. The number of hydrogen-bond donors (Lipinski definition) is 0. The van der Waals surface area contributed by atoms with Crippen molar-refractivity contribution in [3.63, 3.8) is 0 Å². The number of ether oxygens (including phenoxy) is 1. The van der Waals surface area contributed by atoms with E-state index < -0.39 is 0 Å². The molecule has 0 amide bonds. The van der Waals surface area contributed by atoms with Crippen molar-refractivity contribution in [2.24, 2.45) is 0 Å². The zero-order chi connectivity index (χ0) is 14.4. The predicted octanol–water partition coefficient (Wildman–Crippen LogP) is 4.49. The van der Waals surface area contributed by atoms with Gasteiger partial charge in [-0.3, -0.25) is 0 Å². The molecule has 3 aromatic rings. The summed E-state index contributed by atoms with van der Waals surface area (Å²) >= 11 is 8.22. The summed E-state index contributed by atoms with van der Waals surface area (Å²) in [6, 6.07) is 14.0. The molecular formula is C16H13ClN2OS. The van der Waals surface area contributed by atoms with Gasteiger partial charge in [0.05, 0.1) is 23.9 Å². The Morgan fingerprint density at radius 1 is 1.29 bits per heavy atom. The van der Waals surface area contributed by atoms with Crippen LogP contribution in [0.2, 0.25) is 5.02 Å². The van der Waals surface area contributed by atoms with Gasteiger partial charge in [-0.15, -0.1) is 11.8 Å². The Balaban J connectivity index is 1.92. The van der Waals surface area contributed by atoms with Crippen LogP contribution in [0.4, 0.5) is 0 Å². The molecule has 3 nitrogen and oxygen atoms in total. The number of rotatable bonds is 2. The second kappa shape index (κ2) is 4.97. The average Bonchev–Trinajstić information content (AvgIpc) is 3.06. The quantitative estimate of drug-likeness (QED) is 0.697. The van der Waals surface area contributed by atoms with Crippen LogP contribution in [0, 0.1) is 0 Å². The largest absolute Gasteiger partial charge is 0.497 e. The molecule has 2 aromatic carbocycles. The molecule has 1 unspecified atom stereocenters. The molecule has 0 saturated carbocycles. The van der Waals surface area contributed by atoms with E-state index in [2.05, 4.69) is 10.6 Å². The van der Waals surface area contributed by atoms with Gasteiger partial charge in [-0.2, -0.15) is 0 Å². The monoisotopic (exact) mass is 316 g/mol. The van der Waals surface area contributed by atoms with Crippen molar-refractivity contribution in [2.75, 3.05) is 7.11 Å². The van der Waals surface area contributed by atoms with Gasteiger partial charge in [0.15, 0.2) is 0 Å². The average molecular weight is 317 g/mol. The van der Waals surface area contributed by atoms with Crippen molar-refractivity contribution in [2.45, 2.75) is 11.1 Å². The Bertz CT molecular complexity index is 830. The molecule has 0 fully saturated rings. The summed E-state index contributed by atoms with van der Waals surface area (Å²) in [5.74, 6) is 2.83. The lowest BCUT2D eigenvalue weighted by molar-refractivity contribution is 0.415. The zero-order valence-electron chi connectivity index (χ0n) is 11.4. The van der Waals surface area contributed by atoms with Gasteiger partial charge in [-0.1, -0.05) is 29.8 Å². The molecule has 1 atom stereocenters. The summed E-state index contributed by atoms with van der Waals surface area (Å²) in [4.78, 5) is 4.72. The van der Waals surface area contributed by atoms with Gasteiger partial charge in [-0.25, -0.2) is 4.98 Å². The van der Waals surface area contributed by atoms with Crippen molar-refractivity contribution >= 4 is 34.4 Å². The normalized spacial score (nSPS) is 17.1. The minimum absolute atomic E-state index is 0.172. The third-order valence-corrected chi connectivity index (χ3v) is 5.30. The number of fused-ring (bicyclic) bond motifs is 3. The highest BCUT2D eigenvalue weighted by Crippen LogP contribution is 2.45. The standard InChI is InChI=1S/C16H13ClN2OS/c1-20-10-6-7-13-14(8-10)19-15(18-13)9-21-16(19)11-4-2-3-5-12(11)17/h2-8,16H,9H2,1H3. The highest BCUT2D eigenvalue weighted by Gasteiger charge is 2.29. The minimum atomic E-state index is 0.172. The topological polar surface area (TPSA) is 27.1 Å². The lowest BCUT2D eigenvalue weighted by atomic mass is 10.2.